The van der Waals surface area contributed by atoms with Crippen LogP contribution >= 0.6 is 0 Å². The Hall–Kier alpha value is -2.10. The molecule has 0 fully saturated rings. The van der Waals surface area contributed by atoms with Crippen molar-refractivity contribution in [3.8, 4) is 5.69 Å². The van der Waals surface area contributed by atoms with Gasteiger partial charge in [0.05, 0.1) is 5.69 Å². The van der Waals surface area contributed by atoms with Gasteiger partial charge in [-0.3, -0.25) is 0 Å². The van der Waals surface area contributed by atoms with E-state index in [9.17, 15) is 4.79 Å². The molecular weight excluding hydrogens is 264 g/mol. The minimum absolute atomic E-state index is 0.106. The quantitative estimate of drug-likeness (QED) is 0.872. The fraction of sp³-hybridized carbons (Fsp3) is 0.412. The Morgan fingerprint density at radius 3 is 2.48 bits per heavy atom. The molecule has 1 aromatic carbocycles. The van der Waals surface area contributed by atoms with Crippen LogP contribution in [0.25, 0.3) is 5.69 Å². The molecule has 0 amide bonds. The maximum atomic E-state index is 11.1. The van der Waals surface area contributed by atoms with Crippen LogP contribution in [0.15, 0.2) is 30.3 Å². The second-order valence-corrected chi connectivity index (χ2v) is 5.59. The van der Waals surface area contributed by atoms with Crippen LogP contribution in [0, 0.1) is 0 Å². The number of hydrogen-bond donors (Lipinski definition) is 1. The topological polar surface area (TPSA) is 55.1 Å². The number of hydrogen-bond acceptors (Lipinski definition) is 2. The summed E-state index contributed by atoms with van der Waals surface area (Å²) in [6.45, 7) is 6.42. The Morgan fingerprint density at radius 2 is 1.95 bits per heavy atom. The second kappa shape index (κ2) is 6.57. The Balaban J connectivity index is 2.38. The van der Waals surface area contributed by atoms with E-state index in [4.69, 9.17) is 5.11 Å². The average molecular weight is 286 g/mol. The van der Waals surface area contributed by atoms with Gasteiger partial charge >= 0.3 is 5.97 Å². The van der Waals surface area contributed by atoms with Gasteiger partial charge in [-0.1, -0.05) is 39.3 Å². The highest BCUT2D eigenvalue weighted by molar-refractivity contribution is 5.85. The van der Waals surface area contributed by atoms with Gasteiger partial charge < -0.3 is 5.11 Å². The molecular formula is C17H22N2O2. The lowest BCUT2D eigenvalue weighted by Crippen LogP contribution is -2.04. The Morgan fingerprint density at radius 1 is 1.29 bits per heavy atom. The van der Waals surface area contributed by atoms with Gasteiger partial charge in [0.1, 0.15) is 0 Å². The minimum atomic E-state index is -0.981. The molecule has 2 rings (SSSR count). The van der Waals surface area contributed by atoms with Gasteiger partial charge in [-0.25, -0.2) is 9.48 Å². The number of nitrogens with zero attached hydrogens (tertiary/aromatic N) is 2. The Kier molecular flexibility index (Phi) is 4.78. The maximum Gasteiger partial charge on any atom is 0.356 e. The van der Waals surface area contributed by atoms with Crippen molar-refractivity contribution >= 4 is 5.97 Å². The summed E-state index contributed by atoms with van der Waals surface area (Å²) in [4.78, 5) is 11.1. The lowest BCUT2D eigenvalue weighted by Gasteiger charge is -2.09. The first-order valence-electron chi connectivity index (χ1n) is 7.45. The van der Waals surface area contributed by atoms with E-state index in [0.29, 0.717) is 5.92 Å². The summed E-state index contributed by atoms with van der Waals surface area (Å²) in [5.41, 5.74) is 3.23. The predicted octanol–water partition coefficient (Wildman–Crippen LogP) is 4.04. The van der Waals surface area contributed by atoms with Crippen molar-refractivity contribution in [2.75, 3.05) is 0 Å². The molecule has 1 heterocycles. The number of carboxylic acid groups (broad SMARTS) is 1. The first-order valence-corrected chi connectivity index (χ1v) is 7.45. The van der Waals surface area contributed by atoms with E-state index in [2.05, 4.69) is 38.0 Å². The van der Waals surface area contributed by atoms with Crippen LogP contribution in [0.2, 0.25) is 0 Å². The third kappa shape index (κ3) is 3.51. The molecule has 4 heteroatoms. The predicted molar refractivity (Wildman–Crippen MR) is 83.2 cm³/mol. The third-order valence-corrected chi connectivity index (χ3v) is 3.59. The first kappa shape index (κ1) is 15.3. The van der Waals surface area contributed by atoms with Gasteiger partial charge in [-0.2, -0.15) is 5.10 Å². The molecule has 1 aromatic heterocycles. The molecule has 0 unspecified atom stereocenters. The monoisotopic (exact) mass is 286 g/mol. The summed E-state index contributed by atoms with van der Waals surface area (Å²) >= 11 is 0. The van der Waals surface area contributed by atoms with Crippen molar-refractivity contribution in [2.24, 2.45) is 0 Å². The van der Waals surface area contributed by atoms with Crippen molar-refractivity contribution < 1.29 is 9.90 Å². The normalized spacial score (nSPS) is 11.0. The van der Waals surface area contributed by atoms with Crippen LogP contribution in [0.4, 0.5) is 0 Å². The van der Waals surface area contributed by atoms with E-state index in [-0.39, 0.29) is 5.69 Å². The van der Waals surface area contributed by atoms with Gasteiger partial charge in [0.2, 0.25) is 0 Å². The number of carboxylic acids is 1. The number of aromatic nitrogens is 2. The number of benzene rings is 1. The Bertz CT molecular complexity index is 612. The van der Waals surface area contributed by atoms with Gasteiger partial charge in [-0.05, 0) is 42.5 Å². The second-order valence-electron chi connectivity index (χ2n) is 5.59. The zero-order valence-corrected chi connectivity index (χ0v) is 12.8. The minimum Gasteiger partial charge on any atom is -0.476 e. The van der Waals surface area contributed by atoms with Crippen LogP contribution in [-0.4, -0.2) is 20.9 Å². The van der Waals surface area contributed by atoms with Gasteiger partial charge in [-0.15, -0.1) is 0 Å². The van der Waals surface area contributed by atoms with Gasteiger partial charge in [0.15, 0.2) is 5.69 Å². The number of carbonyl (C=O) groups is 1. The molecule has 0 saturated carbocycles. The highest BCUT2D eigenvalue weighted by atomic mass is 16.4. The summed E-state index contributed by atoms with van der Waals surface area (Å²) < 4.78 is 1.75. The largest absolute Gasteiger partial charge is 0.476 e. The van der Waals surface area contributed by atoms with Crippen LogP contribution in [0.3, 0.4) is 0 Å². The molecule has 1 N–H and O–H groups in total. The first-order chi connectivity index (χ1) is 10.0. The zero-order chi connectivity index (χ0) is 15.4. The average Bonchev–Trinajstić information content (AvgIpc) is 2.89. The van der Waals surface area contributed by atoms with Crippen molar-refractivity contribution in [3.05, 3.63) is 47.3 Å². The maximum absolute atomic E-state index is 11.1. The van der Waals surface area contributed by atoms with E-state index in [1.807, 2.05) is 12.1 Å². The highest BCUT2D eigenvalue weighted by Gasteiger charge is 2.14. The van der Waals surface area contributed by atoms with Crippen molar-refractivity contribution in [1.82, 2.24) is 9.78 Å². The van der Waals surface area contributed by atoms with Crippen LogP contribution in [-0.2, 0) is 6.42 Å². The molecule has 0 aliphatic carbocycles. The van der Waals surface area contributed by atoms with Crippen LogP contribution in [0.1, 0.15) is 61.3 Å². The van der Waals surface area contributed by atoms with E-state index >= 15 is 0 Å². The molecule has 0 radical (unpaired) electrons. The summed E-state index contributed by atoms with van der Waals surface area (Å²) in [6, 6.07) is 9.83. The van der Waals surface area contributed by atoms with Gasteiger partial charge in [0, 0.05) is 5.69 Å². The highest BCUT2D eigenvalue weighted by Crippen LogP contribution is 2.19. The van der Waals surface area contributed by atoms with Crippen molar-refractivity contribution in [1.29, 1.82) is 0 Å². The molecule has 0 aliphatic heterocycles. The van der Waals surface area contributed by atoms with E-state index in [1.54, 1.807) is 10.7 Å². The number of rotatable bonds is 6. The fourth-order valence-corrected chi connectivity index (χ4v) is 2.28. The van der Waals surface area contributed by atoms with Crippen molar-refractivity contribution in [3.63, 3.8) is 0 Å². The summed E-state index contributed by atoms with van der Waals surface area (Å²) in [5.74, 6) is -0.504. The fourth-order valence-electron chi connectivity index (χ4n) is 2.28. The lowest BCUT2D eigenvalue weighted by atomic mass is 10.0. The molecule has 2 aromatic rings. The van der Waals surface area contributed by atoms with E-state index in [0.717, 1.165) is 30.6 Å². The summed E-state index contributed by atoms with van der Waals surface area (Å²) in [6.07, 6.45) is 2.93. The lowest BCUT2D eigenvalue weighted by molar-refractivity contribution is 0.0690. The standard InChI is InChI=1S/C17H22N2O2/c1-4-5-6-15-11-16(17(20)21)18-19(15)14-9-7-13(8-10-14)12(2)3/h7-12H,4-6H2,1-3H3,(H,20,21). The summed E-state index contributed by atoms with van der Waals surface area (Å²) in [5, 5.41) is 13.4. The Labute approximate surface area is 125 Å². The van der Waals surface area contributed by atoms with Crippen molar-refractivity contribution in [2.45, 2.75) is 46.0 Å². The number of unbranched alkanes of at least 4 members (excludes halogenated alkanes) is 1. The third-order valence-electron chi connectivity index (χ3n) is 3.59. The van der Waals surface area contributed by atoms with E-state index in [1.165, 1.54) is 5.56 Å². The summed E-state index contributed by atoms with van der Waals surface area (Å²) in [7, 11) is 0. The van der Waals surface area contributed by atoms with Crippen LogP contribution < -0.4 is 0 Å². The zero-order valence-electron chi connectivity index (χ0n) is 12.8. The molecule has 0 spiro atoms. The molecule has 21 heavy (non-hydrogen) atoms. The molecule has 0 saturated heterocycles. The molecule has 0 bridgehead atoms. The molecule has 4 nitrogen and oxygen atoms in total. The number of aryl methyl sites for hydroxylation is 1. The molecule has 0 atom stereocenters. The smallest absolute Gasteiger partial charge is 0.356 e. The van der Waals surface area contributed by atoms with E-state index < -0.39 is 5.97 Å². The number of aromatic carboxylic acids is 1. The van der Waals surface area contributed by atoms with Gasteiger partial charge in [0.25, 0.3) is 0 Å². The molecule has 0 aliphatic rings. The molecule has 112 valence electrons. The SMILES string of the molecule is CCCCc1cc(C(=O)O)nn1-c1ccc(C(C)C)cc1. The van der Waals surface area contributed by atoms with Crippen LogP contribution in [0.5, 0.6) is 0 Å².